The summed E-state index contributed by atoms with van der Waals surface area (Å²) in [6.07, 6.45) is 0. The first-order valence-corrected chi connectivity index (χ1v) is 10.3. The summed E-state index contributed by atoms with van der Waals surface area (Å²) in [6.45, 7) is 3.78. The number of ether oxygens (including phenoxy) is 2. The van der Waals surface area contributed by atoms with Gasteiger partial charge in [0, 0.05) is 11.8 Å². The van der Waals surface area contributed by atoms with E-state index >= 15 is 0 Å². The molecule has 1 heterocycles. The average molecular weight is 446 g/mol. The van der Waals surface area contributed by atoms with Gasteiger partial charge in [-0.2, -0.15) is 0 Å². The van der Waals surface area contributed by atoms with Gasteiger partial charge in [0.15, 0.2) is 11.5 Å². The Labute approximate surface area is 191 Å². The second-order valence-electron chi connectivity index (χ2n) is 7.62. The topological polar surface area (TPSA) is 67.9 Å². The van der Waals surface area contributed by atoms with Crippen LogP contribution in [0.15, 0.2) is 66.4 Å². The third-order valence-electron chi connectivity index (χ3n) is 5.69. The van der Waals surface area contributed by atoms with E-state index in [9.17, 15) is 14.0 Å². The Morgan fingerprint density at radius 2 is 1.55 bits per heavy atom. The SMILES string of the molecule is COc1ccc(NC2=C(c3ccc(F)cc3)C(=O)N(c3cccc(C)c3C)C2=O)cc1OC. The van der Waals surface area contributed by atoms with Gasteiger partial charge < -0.3 is 14.8 Å². The zero-order chi connectivity index (χ0) is 23.7. The van der Waals surface area contributed by atoms with Crippen molar-refractivity contribution in [2.45, 2.75) is 13.8 Å². The van der Waals surface area contributed by atoms with Crippen molar-refractivity contribution in [1.29, 1.82) is 0 Å². The predicted octanol–water partition coefficient (Wildman–Crippen LogP) is 4.86. The van der Waals surface area contributed by atoms with E-state index in [0.29, 0.717) is 28.4 Å². The molecular weight excluding hydrogens is 423 g/mol. The lowest BCUT2D eigenvalue weighted by Crippen LogP contribution is -2.33. The molecule has 0 unspecified atom stereocenters. The summed E-state index contributed by atoms with van der Waals surface area (Å²) in [4.78, 5) is 28.3. The van der Waals surface area contributed by atoms with Crippen LogP contribution in [0.3, 0.4) is 0 Å². The van der Waals surface area contributed by atoms with E-state index < -0.39 is 17.6 Å². The van der Waals surface area contributed by atoms with E-state index in [1.54, 1.807) is 30.3 Å². The van der Waals surface area contributed by atoms with E-state index in [-0.39, 0.29) is 11.3 Å². The summed E-state index contributed by atoms with van der Waals surface area (Å²) in [6, 6.07) is 16.0. The van der Waals surface area contributed by atoms with Crippen LogP contribution in [0.4, 0.5) is 15.8 Å². The van der Waals surface area contributed by atoms with Crippen molar-refractivity contribution in [2.24, 2.45) is 0 Å². The first kappa shape index (κ1) is 22.1. The second kappa shape index (κ2) is 8.78. The highest BCUT2D eigenvalue weighted by molar-refractivity contribution is 6.46. The van der Waals surface area contributed by atoms with E-state index in [1.165, 1.54) is 38.5 Å². The third kappa shape index (κ3) is 3.93. The quantitative estimate of drug-likeness (QED) is 0.548. The average Bonchev–Trinajstić information content (AvgIpc) is 3.05. The van der Waals surface area contributed by atoms with Crippen molar-refractivity contribution in [2.75, 3.05) is 24.4 Å². The molecule has 2 amide bonds. The Bertz CT molecular complexity index is 1280. The van der Waals surface area contributed by atoms with E-state index in [0.717, 1.165) is 16.0 Å². The highest BCUT2D eigenvalue weighted by Crippen LogP contribution is 2.37. The third-order valence-corrected chi connectivity index (χ3v) is 5.69. The molecule has 3 aromatic rings. The van der Waals surface area contributed by atoms with Gasteiger partial charge in [0.2, 0.25) is 0 Å². The molecule has 6 nitrogen and oxygen atoms in total. The van der Waals surface area contributed by atoms with Crippen LogP contribution in [0.2, 0.25) is 0 Å². The molecule has 0 radical (unpaired) electrons. The van der Waals surface area contributed by atoms with Crippen molar-refractivity contribution in [3.8, 4) is 11.5 Å². The molecule has 0 saturated carbocycles. The van der Waals surface area contributed by atoms with E-state index in [4.69, 9.17) is 9.47 Å². The lowest BCUT2D eigenvalue weighted by atomic mass is 10.0. The number of anilines is 2. The summed E-state index contributed by atoms with van der Waals surface area (Å²) in [5, 5.41) is 3.08. The highest BCUT2D eigenvalue weighted by Gasteiger charge is 2.41. The molecule has 0 bridgehead atoms. The highest BCUT2D eigenvalue weighted by atomic mass is 19.1. The number of hydrogen-bond donors (Lipinski definition) is 1. The number of methoxy groups -OCH3 is 2. The predicted molar refractivity (Wildman–Crippen MR) is 125 cm³/mol. The maximum atomic E-state index is 13.6. The maximum Gasteiger partial charge on any atom is 0.282 e. The van der Waals surface area contributed by atoms with Crippen LogP contribution in [0, 0.1) is 19.7 Å². The van der Waals surface area contributed by atoms with Crippen LogP contribution in [-0.2, 0) is 9.59 Å². The summed E-state index contributed by atoms with van der Waals surface area (Å²) < 4.78 is 24.2. The maximum absolute atomic E-state index is 13.6. The second-order valence-corrected chi connectivity index (χ2v) is 7.62. The summed E-state index contributed by atoms with van der Waals surface area (Å²) in [5.41, 5.74) is 3.52. The number of amides is 2. The Morgan fingerprint density at radius 3 is 2.21 bits per heavy atom. The fraction of sp³-hybridized carbons (Fsp3) is 0.154. The van der Waals surface area contributed by atoms with E-state index in [1.807, 2.05) is 19.9 Å². The molecule has 7 heteroatoms. The fourth-order valence-electron chi connectivity index (χ4n) is 3.78. The molecule has 4 rings (SSSR count). The van der Waals surface area contributed by atoms with Crippen LogP contribution >= 0.6 is 0 Å². The number of nitrogens with one attached hydrogen (secondary N) is 1. The molecule has 1 aliphatic rings. The number of carbonyl (C=O) groups is 2. The lowest BCUT2D eigenvalue weighted by Gasteiger charge is -2.19. The molecule has 0 spiro atoms. The zero-order valence-corrected chi connectivity index (χ0v) is 18.7. The van der Waals surface area contributed by atoms with Crippen molar-refractivity contribution in [3.63, 3.8) is 0 Å². The van der Waals surface area contributed by atoms with Gasteiger partial charge in [-0.25, -0.2) is 9.29 Å². The molecular formula is C26H23FN2O4. The zero-order valence-electron chi connectivity index (χ0n) is 18.7. The largest absolute Gasteiger partial charge is 0.493 e. The van der Waals surface area contributed by atoms with Crippen LogP contribution in [0.5, 0.6) is 11.5 Å². The standard InChI is InChI=1S/C26H23FN2O4/c1-15-6-5-7-20(16(15)2)29-25(30)23(17-8-10-18(27)11-9-17)24(26(29)31)28-19-12-13-21(32-3)22(14-19)33-4/h5-14,28H,1-4H3. The number of carbonyl (C=O) groups excluding carboxylic acids is 2. The molecule has 0 atom stereocenters. The number of benzene rings is 3. The normalized spacial score (nSPS) is 13.5. The minimum absolute atomic E-state index is 0.0970. The number of halogens is 1. The fourth-order valence-corrected chi connectivity index (χ4v) is 3.78. The minimum atomic E-state index is -0.497. The van der Waals surface area contributed by atoms with Crippen molar-refractivity contribution >= 4 is 28.8 Å². The molecule has 1 N–H and O–H groups in total. The molecule has 0 saturated heterocycles. The summed E-state index contributed by atoms with van der Waals surface area (Å²) in [7, 11) is 3.04. The monoisotopic (exact) mass is 446 g/mol. The smallest absolute Gasteiger partial charge is 0.282 e. The van der Waals surface area contributed by atoms with Crippen molar-refractivity contribution in [1.82, 2.24) is 0 Å². The lowest BCUT2D eigenvalue weighted by molar-refractivity contribution is -0.120. The van der Waals surface area contributed by atoms with Gasteiger partial charge >= 0.3 is 0 Å². The van der Waals surface area contributed by atoms with Gasteiger partial charge in [0.25, 0.3) is 11.8 Å². The van der Waals surface area contributed by atoms with Crippen LogP contribution in [-0.4, -0.2) is 26.0 Å². The van der Waals surface area contributed by atoms with Gasteiger partial charge in [-0.15, -0.1) is 0 Å². The van der Waals surface area contributed by atoms with Crippen LogP contribution in [0.25, 0.3) is 5.57 Å². The number of aryl methyl sites for hydroxylation is 1. The number of nitrogens with zero attached hydrogens (tertiary/aromatic N) is 1. The Morgan fingerprint density at radius 1 is 0.848 bits per heavy atom. The van der Waals surface area contributed by atoms with Gasteiger partial charge in [-0.1, -0.05) is 24.3 Å². The molecule has 0 fully saturated rings. The Kier molecular flexibility index (Phi) is 5.87. The van der Waals surface area contributed by atoms with Crippen LogP contribution in [0.1, 0.15) is 16.7 Å². The molecule has 1 aliphatic heterocycles. The summed E-state index contributed by atoms with van der Waals surface area (Å²) >= 11 is 0. The summed E-state index contributed by atoms with van der Waals surface area (Å²) in [5.74, 6) is -0.417. The number of imide groups is 1. The molecule has 0 aromatic heterocycles. The first-order valence-electron chi connectivity index (χ1n) is 10.3. The minimum Gasteiger partial charge on any atom is -0.493 e. The van der Waals surface area contributed by atoms with Gasteiger partial charge in [0.1, 0.15) is 11.5 Å². The van der Waals surface area contributed by atoms with Crippen LogP contribution < -0.4 is 19.7 Å². The van der Waals surface area contributed by atoms with Gasteiger partial charge in [-0.3, -0.25) is 9.59 Å². The number of hydrogen-bond acceptors (Lipinski definition) is 5. The Balaban J connectivity index is 1.84. The van der Waals surface area contributed by atoms with Crippen molar-refractivity contribution < 1.29 is 23.5 Å². The van der Waals surface area contributed by atoms with Gasteiger partial charge in [-0.05, 0) is 60.9 Å². The molecule has 33 heavy (non-hydrogen) atoms. The number of rotatable bonds is 6. The van der Waals surface area contributed by atoms with Gasteiger partial charge in [0.05, 0.1) is 25.5 Å². The molecule has 0 aliphatic carbocycles. The molecule has 168 valence electrons. The molecule has 3 aromatic carbocycles. The first-order chi connectivity index (χ1) is 15.8. The van der Waals surface area contributed by atoms with Crippen molar-refractivity contribution in [3.05, 3.63) is 88.9 Å². The Hall–Kier alpha value is -4.13. The van der Waals surface area contributed by atoms with E-state index in [2.05, 4.69) is 5.32 Å².